The van der Waals surface area contributed by atoms with Gasteiger partial charge in [-0.05, 0) is 35.7 Å². The van der Waals surface area contributed by atoms with Crippen molar-refractivity contribution >= 4 is 17.4 Å². The normalized spacial score (nSPS) is 12.3. The predicted octanol–water partition coefficient (Wildman–Crippen LogP) is 2.06. The molecule has 0 bridgehead atoms. The third-order valence-electron chi connectivity index (χ3n) is 2.82. The Labute approximate surface area is 111 Å². The van der Waals surface area contributed by atoms with E-state index in [0.717, 1.165) is 11.1 Å². The highest BCUT2D eigenvalue weighted by Crippen LogP contribution is 2.21. The van der Waals surface area contributed by atoms with Gasteiger partial charge in [-0.25, -0.2) is 4.98 Å². The van der Waals surface area contributed by atoms with E-state index >= 15 is 0 Å². The number of aromatic nitrogens is 1. The number of hydrazine groups is 1. The molecule has 1 atom stereocenters. The van der Waals surface area contributed by atoms with Crippen LogP contribution in [0.15, 0.2) is 42.6 Å². The van der Waals surface area contributed by atoms with Gasteiger partial charge in [0.25, 0.3) is 0 Å². The number of hydrogen-bond acceptors (Lipinski definition) is 4. The summed E-state index contributed by atoms with van der Waals surface area (Å²) in [4.78, 5) is 4.06. The highest BCUT2D eigenvalue weighted by atomic mass is 35.5. The van der Waals surface area contributed by atoms with Gasteiger partial charge in [0.1, 0.15) is 5.82 Å². The Balaban J connectivity index is 2.20. The molecule has 2 rings (SSSR count). The summed E-state index contributed by atoms with van der Waals surface area (Å²) in [6.07, 6.45) is 2.35. The third kappa shape index (κ3) is 2.98. The molecule has 0 radical (unpaired) electrons. The fourth-order valence-corrected chi connectivity index (χ4v) is 1.94. The van der Waals surface area contributed by atoms with E-state index < -0.39 is 0 Å². The largest absolute Gasteiger partial charge is 0.383 e. The van der Waals surface area contributed by atoms with Gasteiger partial charge >= 0.3 is 0 Å². The van der Waals surface area contributed by atoms with E-state index in [2.05, 4.69) is 10.4 Å². The predicted molar refractivity (Wildman–Crippen MR) is 73.9 cm³/mol. The van der Waals surface area contributed by atoms with Crippen LogP contribution in [0.1, 0.15) is 17.2 Å². The lowest BCUT2D eigenvalue weighted by atomic mass is 10.00. The van der Waals surface area contributed by atoms with E-state index in [9.17, 15) is 0 Å². The summed E-state index contributed by atoms with van der Waals surface area (Å²) in [6.45, 7) is 0. The number of hydrogen-bond donors (Lipinski definition) is 3. The minimum atomic E-state index is -0.0197. The van der Waals surface area contributed by atoms with Crippen molar-refractivity contribution in [3.8, 4) is 0 Å². The van der Waals surface area contributed by atoms with Crippen molar-refractivity contribution in [1.82, 2.24) is 10.4 Å². The summed E-state index contributed by atoms with van der Waals surface area (Å²) >= 11 is 5.86. The van der Waals surface area contributed by atoms with Gasteiger partial charge < -0.3 is 5.73 Å². The number of nitrogens with two attached hydrogens (primary N) is 2. The van der Waals surface area contributed by atoms with Gasteiger partial charge in [-0.15, -0.1) is 0 Å². The summed E-state index contributed by atoms with van der Waals surface area (Å²) in [5.74, 6) is 6.13. The van der Waals surface area contributed by atoms with Gasteiger partial charge in [-0.1, -0.05) is 29.8 Å². The fraction of sp³-hybridized carbons (Fsp3) is 0.154. The second-order valence-corrected chi connectivity index (χ2v) is 4.46. The topological polar surface area (TPSA) is 77.0 Å². The van der Waals surface area contributed by atoms with Gasteiger partial charge in [0.15, 0.2) is 0 Å². The van der Waals surface area contributed by atoms with Crippen LogP contribution in [0.4, 0.5) is 5.82 Å². The maximum atomic E-state index is 5.86. The number of nitrogens with one attached hydrogen (secondary N) is 1. The Bertz CT molecular complexity index is 513. The molecule has 4 nitrogen and oxygen atoms in total. The minimum absolute atomic E-state index is 0.0197. The maximum Gasteiger partial charge on any atom is 0.126 e. The zero-order valence-corrected chi connectivity index (χ0v) is 10.6. The molecule has 1 aromatic heterocycles. The number of nitrogens with zero attached hydrogens (tertiary/aromatic N) is 1. The molecule has 94 valence electrons. The first kappa shape index (κ1) is 12.8. The van der Waals surface area contributed by atoms with Crippen LogP contribution in [0, 0.1) is 0 Å². The van der Waals surface area contributed by atoms with E-state index in [1.807, 2.05) is 36.4 Å². The summed E-state index contributed by atoms with van der Waals surface area (Å²) < 4.78 is 0. The molecule has 0 saturated heterocycles. The van der Waals surface area contributed by atoms with Crippen molar-refractivity contribution in [3.05, 3.63) is 58.7 Å². The second-order valence-electron chi connectivity index (χ2n) is 4.02. The molecule has 5 N–H and O–H groups in total. The average Bonchev–Trinajstić information content (AvgIpc) is 2.39. The number of rotatable bonds is 4. The Hall–Kier alpha value is -1.62. The van der Waals surface area contributed by atoms with Crippen LogP contribution in [-0.2, 0) is 6.42 Å². The van der Waals surface area contributed by atoms with Crippen molar-refractivity contribution < 1.29 is 0 Å². The molecular formula is C13H15ClN4. The van der Waals surface area contributed by atoms with Crippen molar-refractivity contribution in [1.29, 1.82) is 0 Å². The van der Waals surface area contributed by atoms with Gasteiger partial charge in [0, 0.05) is 11.2 Å². The van der Waals surface area contributed by atoms with Crippen LogP contribution in [-0.4, -0.2) is 4.98 Å². The van der Waals surface area contributed by atoms with Gasteiger partial charge in [-0.2, -0.15) is 0 Å². The van der Waals surface area contributed by atoms with E-state index in [0.29, 0.717) is 17.3 Å². The molecule has 1 aromatic carbocycles. The summed E-state index contributed by atoms with van der Waals surface area (Å²) in [7, 11) is 0. The summed E-state index contributed by atoms with van der Waals surface area (Å²) in [5.41, 5.74) is 10.6. The lowest BCUT2D eigenvalue weighted by Crippen LogP contribution is -2.29. The molecule has 0 aliphatic rings. The Morgan fingerprint density at radius 1 is 1.22 bits per heavy atom. The Morgan fingerprint density at radius 3 is 2.56 bits per heavy atom. The van der Waals surface area contributed by atoms with Gasteiger partial charge in [0.05, 0.1) is 6.04 Å². The SMILES string of the molecule is NNC(Cc1cccnc1N)c1ccc(Cl)cc1. The standard InChI is InChI=1S/C13H15ClN4/c14-11-5-3-9(4-6-11)12(18-16)8-10-2-1-7-17-13(10)15/h1-7,12,18H,8,16H2,(H2,15,17). The Morgan fingerprint density at radius 2 is 1.94 bits per heavy atom. The van der Waals surface area contributed by atoms with Gasteiger partial charge in [0.2, 0.25) is 0 Å². The average molecular weight is 263 g/mol. The first-order valence-corrected chi connectivity index (χ1v) is 5.99. The van der Waals surface area contributed by atoms with Crippen molar-refractivity contribution in [2.75, 3.05) is 5.73 Å². The van der Waals surface area contributed by atoms with E-state index in [1.54, 1.807) is 6.20 Å². The van der Waals surface area contributed by atoms with Crippen LogP contribution in [0.2, 0.25) is 5.02 Å². The number of anilines is 1. The summed E-state index contributed by atoms with van der Waals surface area (Å²) in [5, 5.41) is 0.704. The Kier molecular flexibility index (Phi) is 4.15. The highest BCUT2D eigenvalue weighted by molar-refractivity contribution is 6.30. The minimum Gasteiger partial charge on any atom is -0.383 e. The van der Waals surface area contributed by atoms with Crippen molar-refractivity contribution in [3.63, 3.8) is 0 Å². The molecule has 1 unspecified atom stereocenters. The lowest BCUT2D eigenvalue weighted by molar-refractivity contribution is 0.552. The number of pyridine rings is 1. The van der Waals surface area contributed by atoms with Gasteiger partial charge in [-0.3, -0.25) is 11.3 Å². The quantitative estimate of drug-likeness (QED) is 0.582. The molecule has 1 heterocycles. The van der Waals surface area contributed by atoms with E-state index in [-0.39, 0.29) is 6.04 Å². The first-order chi connectivity index (χ1) is 8.70. The molecule has 0 aliphatic carbocycles. The third-order valence-corrected chi connectivity index (χ3v) is 3.08. The number of halogens is 1. The molecule has 2 aromatic rings. The monoisotopic (exact) mass is 262 g/mol. The molecule has 0 spiro atoms. The second kappa shape index (κ2) is 5.82. The summed E-state index contributed by atoms with van der Waals surface area (Å²) in [6, 6.07) is 11.4. The van der Waals surface area contributed by atoms with Crippen LogP contribution < -0.4 is 17.0 Å². The zero-order valence-electron chi connectivity index (χ0n) is 9.81. The highest BCUT2D eigenvalue weighted by Gasteiger charge is 2.12. The van der Waals surface area contributed by atoms with E-state index in [4.69, 9.17) is 23.2 Å². The molecule has 0 amide bonds. The lowest BCUT2D eigenvalue weighted by Gasteiger charge is -2.17. The zero-order chi connectivity index (χ0) is 13.0. The fourth-order valence-electron chi connectivity index (χ4n) is 1.81. The molecule has 18 heavy (non-hydrogen) atoms. The molecule has 0 saturated carbocycles. The van der Waals surface area contributed by atoms with Crippen LogP contribution in [0.5, 0.6) is 0 Å². The van der Waals surface area contributed by atoms with Crippen LogP contribution in [0.25, 0.3) is 0 Å². The smallest absolute Gasteiger partial charge is 0.126 e. The number of nitrogen functional groups attached to an aromatic ring is 1. The van der Waals surface area contributed by atoms with E-state index in [1.165, 1.54) is 0 Å². The van der Waals surface area contributed by atoms with Crippen molar-refractivity contribution in [2.24, 2.45) is 5.84 Å². The molecule has 5 heteroatoms. The first-order valence-electron chi connectivity index (χ1n) is 5.61. The van der Waals surface area contributed by atoms with Crippen LogP contribution in [0.3, 0.4) is 0 Å². The maximum absolute atomic E-state index is 5.86. The van der Waals surface area contributed by atoms with Crippen LogP contribution >= 0.6 is 11.6 Å². The molecule has 0 aliphatic heterocycles. The number of benzene rings is 1. The molecular weight excluding hydrogens is 248 g/mol. The molecule has 0 fully saturated rings. The van der Waals surface area contributed by atoms with Crippen molar-refractivity contribution in [2.45, 2.75) is 12.5 Å².